The van der Waals surface area contributed by atoms with Crippen molar-refractivity contribution in [1.29, 1.82) is 0 Å². The first kappa shape index (κ1) is 13.8. The zero-order valence-electron chi connectivity index (χ0n) is 11.1. The zero-order chi connectivity index (χ0) is 13.8. The molecule has 104 valence electrons. The number of nitrogens with zero attached hydrogens (tertiary/aromatic N) is 1. The van der Waals surface area contributed by atoms with Gasteiger partial charge in [-0.05, 0) is 50.7 Å². The summed E-state index contributed by atoms with van der Waals surface area (Å²) in [6.45, 7) is 2.04. The molecule has 2 rings (SSSR count). The molecular weight excluding hydrogens is 244 g/mol. The number of nitrogens with one attached hydrogen (secondary N) is 1. The van der Waals surface area contributed by atoms with Crippen LogP contribution in [0.3, 0.4) is 0 Å². The lowest BCUT2D eigenvalue weighted by molar-refractivity contribution is -0.385. The van der Waals surface area contributed by atoms with E-state index >= 15 is 0 Å². The molecule has 1 aromatic rings. The zero-order valence-corrected chi connectivity index (χ0v) is 11.1. The molecule has 1 aromatic carbocycles. The maximum atomic E-state index is 10.8. The van der Waals surface area contributed by atoms with E-state index in [9.17, 15) is 10.1 Å². The van der Waals surface area contributed by atoms with E-state index in [1.807, 2.05) is 6.07 Å². The number of anilines is 1. The molecule has 0 aliphatic heterocycles. The first-order chi connectivity index (χ1) is 9.10. The fourth-order valence-corrected chi connectivity index (χ4v) is 2.68. The minimum Gasteiger partial charge on any atom is -0.396 e. The summed E-state index contributed by atoms with van der Waals surface area (Å²) in [4.78, 5) is 10.4. The van der Waals surface area contributed by atoms with E-state index in [1.54, 1.807) is 19.1 Å². The number of hydrogen-bond acceptors (Lipinski definition) is 4. The van der Waals surface area contributed by atoms with E-state index in [0.717, 1.165) is 31.4 Å². The molecule has 0 amide bonds. The fraction of sp³-hybridized carbons (Fsp3) is 0.571. The van der Waals surface area contributed by atoms with Gasteiger partial charge in [0.25, 0.3) is 5.69 Å². The van der Waals surface area contributed by atoms with Crippen LogP contribution in [0.25, 0.3) is 0 Å². The number of nitro benzene ring substituents is 1. The summed E-state index contributed by atoms with van der Waals surface area (Å²) < 4.78 is 0. The minimum absolute atomic E-state index is 0.162. The van der Waals surface area contributed by atoms with Gasteiger partial charge in [-0.15, -0.1) is 0 Å². The second kappa shape index (κ2) is 6.02. The third-order valence-corrected chi connectivity index (χ3v) is 3.87. The first-order valence-electron chi connectivity index (χ1n) is 6.72. The highest BCUT2D eigenvalue weighted by molar-refractivity contribution is 5.54. The van der Waals surface area contributed by atoms with Crippen molar-refractivity contribution in [2.75, 3.05) is 11.9 Å². The second-order valence-electron chi connectivity index (χ2n) is 5.30. The average Bonchev–Trinajstić information content (AvgIpc) is 2.39. The molecule has 2 N–H and O–H groups in total. The largest absolute Gasteiger partial charge is 0.396 e. The molecular formula is C14H20N2O3. The molecule has 1 fully saturated rings. The number of aryl methyl sites for hydroxylation is 1. The summed E-state index contributed by atoms with van der Waals surface area (Å²) >= 11 is 0. The highest BCUT2D eigenvalue weighted by Gasteiger charge is 2.20. The monoisotopic (exact) mass is 264 g/mol. The van der Waals surface area contributed by atoms with Gasteiger partial charge in [-0.3, -0.25) is 10.1 Å². The molecule has 0 unspecified atom stereocenters. The summed E-state index contributed by atoms with van der Waals surface area (Å²) in [6.07, 6.45) is 4.17. The van der Waals surface area contributed by atoms with E-state index in [0.29, 0.717) is 17.5 Å². The summed E-state index contributed by atoms with van der Waals surface area (Å²) in [7, 11) is 0. The van der Waals surface area contributed by atoms with Crippen molar-refractivity contribution < 1.29 is 10.0 Å². The molecule has 0 saturated heterocycles. The van der Waals surface area contributed by atoms with Gasteiger partial charge in [-0.1, -0.05) is 0 Å². The Balaban J connectivity index is 1.97. The van der Waals surface area contributed by atoms with Crippen molar-refractivity contribution in [2.24, 2.45) is 5.92 Å². The Bertz CT molecular complexity index is 454. The van der Waals surface area contributed by atoms with E-state index < -0.39 is 0 Å². The number of nitro groups is 1. The van der Waals surface area contributed by atoms with Gasteiger partial charge in [-0.2, -0.15) is 0 Å². The highest BCUT2D eigenvalue weighted by Crippen LogP contribution is 2.28. The molecule has 0 heterocycles. The van der Waals surface area contributed by atoms with Crippen LogP contribution in [0.15, 0.2) is 18.2 Å². The normalized spacial score (nSPS) is 23.1. The lowest BCUT2D eigenvalue weighted by Crippen LogP contribution is -2.27. The predicted molar refractivity (Wildman–Crippen MR) is 74.3 cm³/mol. The summed E-state index contributed by atoms with van der Waals surface area (Å²) in [5, 5.41) is 23.3. The third-order valence-electron chi connectivity index (χ3n) is 3.87. The van der Waals surface area contributed by atoms with Crippen molar-refractivity contribution >= 4 is 11.4 Å². The summed E-state index contributed by atoms with van der Waals surface area (Å²) in [5.74, 6) is 0.441. The second-order valence-corrected chi connectivity index (χ2v) is 5.30. The molecule has 0 aromatic heterocycles. The van der Waals surface area contributed by atoms with Crippen LogP contribution in [-0.2, 0) is 0 Å². The molecule has 0 atom stereocenters. The van der Waals surface area contributed by atoms with Gasteiger partial charge < -0.3 is 10.4 Å². The summed E-state index contributed by atoms with van der Waals surface area (Å²) in [6, 6.07) is 5.56. The molecule has 0 spiro atoms. The van der Waals surface area contributed by atoms with Crippen LogP contribution in [0.4, 0.5) is 11.4 Å². The van der Waals surface area contributed by atoms with Gasteiger partial charge in [0, 0.05) is 30.0 Å². The summed E-state index contributed by atoms with van der Waals surface area (Å²) in [5.41, 5.74) is 1.78. The van der Waals surface area contributed by atoms with Gasteiger partial charge in [0.05, 0.1) is 4.92 Å². The van der Waals surface area contributed by atoms with Crippen molar-refractivity contribution in [3.8, 4) is 0 Å². The minimum atomic E-state index is -0.356. The van der Waals surface area contributed by atoms with Crippen molar-refractivity contribution in [2.45, 2.75) is 38.6 Å². The smallest absolute Gasteiger partial charge is 0.272 e. The van der Waals surface area contributed by atoms with E-state index in [4.69, 9.17) is 5.11 Å². The van der Waals surface area contributed by atoms with Crippen molar-refractivity contribution in [3.63, 3.8) is 0 Å². The quantitative estimate of drug-likeness (QED) is 0.647. The Morgan fingerprint density at radius 2 is 2.05 bits per heavy atom. The van der Waals surface area contributed by atoms with Crippen LogP contribution < -0.4 is 5.32 Å². The molecule has 5 heteroatoms. The van der Waals surface area contributed by atoms with Crippen LogP contribution in [0, 0.1) is 23.0 Å². The molecule has 1 aliphatic carbocycles. The molecule has 5 nitrogen and oxygen atoms in total. The van der Waals surface area contributed by atoms with Crippen LogP contribution >= 0.6 is 0 Å². The topological polar surface area (TPSA) is 75.4 Å². The molecule has 1 saturated carbocycles. The van der Waals surface area contributed by atoms with Crippen molar-refractivity contribution in [1.82, 2.24) is 0 Å². The van der Waals surface area contributed by atoms with Crippen molar-refractivity contribution in [3.05, 3.63) is 33.9 Å². The van der Waals surface area contributed by atoms with Crippen LogP contribution in [0.5, 0.6) is 0 Å². The maximum Gasteiger partial charge on any atom is 0.272 e. The Morgan fingerprint density at radius 3 is 2.58 bits per heavy atom. The predicted octanol–water partition coefficient (Wildman–Crippen LogP) is 2.87. The van der Waals surface area contributed by atoms with Gasteiger partial charge in [0.1, 0.15) is 0 Å². The van der Waals surface area contributed by atoms with E-state index in [2.05, 4.69) is 5.32 Å². The first-order valence-corrected chi connectivity index (χ1v) is 6.72. The standard InChI is InChI=1S/C14H20N2O3/c1-10-8-13(6-7-14(10)16(18)19)15-12-4-2-11(9-17)3-5-12/h6-8,11-12,15,17H,2-5,9H2,1H3. The van der Waals surface area contributed by atoms with Gasteiger partial charge >= 0.3 is 0 Å². The Labute approximate surface area is 112 Å². The molecule has 0 bridgehead atoms. The lowest BCUT2D eigenvalue weighted by Gasteiger charge is -2.28. The van der Waals surface area contributed by atoms with E-state index in [1.165, 1.54) is 0 Å². The van der Waals surface area contributed by atoms with E-state index in [-0.39, 0.29) is 17.2 Å². The fourth-order valence-electron chi connectivity index (χ4n) is 2.68. The lowest BCUT2D eigenvalue weighted by atomic mass is 9.86. The molecule has 1 aliphatic rings. The van der Waals surface area contributed by atoms with Crippen LogP contribution in [0.1, 0.15) is 31.2 Å². The molecule has 19 heavy (non-hydrogen) atoms. The Morgan fingerprint density at radius 1 is 1.37 bits per heavy atom. The van der Waals surface area contributed by atoms with Gasteiger partial charge in [-0.25, -0.2) is 0 Å². The Hall–Kier alpha value is -1.62. The average molecular weight is 264 g/mol. The number of aliphatic hydroxyl groups is 1. The Kier molecular flexibility index (Phi) is 4.37. The van der Waals surface area contributed by atoms with Gasteiger partial charge in [0.15, 0.2) is 0 Å². The molecule has 0 radical (unpaired) electrons. The number of hydrogen-bond donors (Lipinski definition) is 2. The van der Waals surface area contributed by atoms with Crippen LogP contribution in [-0.4, -0.2) is 22.7 Å². The number of benzene rings is 1. The number of rotatable bonds is 4. The number of aliphatic hydroxyl groups excluding tert-OH is 1. The third kappa shape index (κ3) is 3.44. The SMILES string of the molecule is Cc1cc(NC2CCC(CO)CC2)ccc1[N+](=O)[O-]. The van der Waals surface area contributed by atoms with Gasteiger partial charge in [0.2, 0.25) is 0 Å². The maximum absolute atomic E-state index is 10.8. The van der Waals surface area contributed by atoms with Crippen LogP contribution in [0.2, 0.25) is 0 Å². The highest BCUT2D eigenvalue weighted by atomic mass is 16.6.